The van der Waals surface area contributed by atoms with E-state index in [1.165, 1.54) is 62.5 Å². The van der Waals surface area contributed by atoms with Crippen molar-refractivity contribution in [2.24, 2.45) is 17.8 Å². The summed E-state index contributed by atoms with van der Waals surface area (Å²) in [5.41, 5.74) is 2.64. The second-order valence-electron chi connectivity index (χ2n) is 7.85. The molecule has 2 saturated carbocycles. The number of hydrogen-bond donors (Lipinski definition) is 0. The predicted octanol–water partition coefficient (Wildman–Crippen LogP) is 6.92. The predicted molar refractivity (Wildman–Crippen MR) is 104 cm³/mol. The molecule has 0 unspecified atom stereocenters. The molecule has 1 aromatic rings. The highest BCUT2D eigenvalue weighted by atomic mass is 16.5. The van der Waals surface area contributed by atoms with E-state index < -0.39 is 0 Å². The van der Waals surface area contributed by atoms with E-state index in [-0.39, 0.29) is 0 Å². The largest absolute Gasteiger partial charge is 0.374 e. The molecule has 0 N–H and O–H groups in total. The fraction of sp³-hybridized carbons (Fsp3) is 0.739. The molecule has 2 aliphatic carbocycles. The molecule has 1 aromatic carbocycles. The maximum Gasteiger partial charge on any atom is 0.0720 e. The number of rotatable bonds is 4. The van der Waals surface area contributed by atoms with Gasteiger partial charge in [-0.2, -0.15) is 0 Å². The van der Waals surface area contributed by atoms with Crippen LogP contribution in [0.15, 0.2) is 24.3 Å². The summed E-state index contributed by atoms with van der Waals surface area (Å²) < 4.78 is 6.16. The van der Waals surface area contributed by atoms with E-state index >= 15 is 0 Å². The van der Waals surface area contributed by atoms with E-state index in [1.807, 2.05) is 13.8 Å². The SMILES string of the molecule is CC.Cc1ccc(COC2CCC(C3CCC(C)CC3)CC2)cc1. The molecule has 0 aromatic heterocycles. The zero-order valence-electron chi connectivity index (χ0n) is 16.4. The molecule has 2 fully saturated rings. The van der Waals surface area contributed by atoms with Crippen molar-refractivity contribution in [3.05, 3.63) is 35.4 Å². The van der Waals surface area contributed by atoms with E-state index in [1.54, 1.807) is 0 Å². The van der Waals surface area contributed by atoms with Gasteiger partial charge in [0.25, 0.3) is 0 Å². The molecule has 1 nitrogen and oxygen atoms in total. The van der Waals surface area contributed by atoms with E-state index in [0.29, 0.717) is 6.10 Å². The molecule has 0 bridgehead atoms. The molecule has 3 rings (SSSR count). The molecule has 2 aliphatic rings. The Labute approximate surface area is 150 Å². The molecule has 0 spiro atoms. The van der Waals surface area contributed by atoms with Crippen molar-refractivity contribution < 1.29 is 4.74 Å². The summed E-state index contributed by atoms with van der Waals surface area (Å²) in [6.07, 6.45) is 11.8. The molecule has 1 heteroatoms. The highest BCUT2D eigenvalue weighted by molar-refractivity contribution is 5.20. The third-order valence-electron chi connectivity index (χ3n) is 6.05. The summed E-state index contributed by atoms with van der Waals surface area (Å²) in [6, 6.07) is 8.76. The smallest absolute Gasteiger partial charge is 0.0720 e. The van der Waals surface area contributed by atoms with Crippen molar-refractivity contribution in [2.75, 3.05) is 0 Å². The zero-order valence-corrected chi connectivity index (χ0v) is 16.4. The quantitative estimate of drug-likeness (QED) is 0.582. The van der Waals surface area contributed by atoms with Crippen LogP contribution in [0.4, 0.5) is 0 Å². The number of ether oxygens (including phenoxy) is 1. The molecule has 0 atom stereocenters. The molecule has 0 aliphatic heterocycles. The number of hydrogen-bond acceptors (Lipinski definition) is 1. The first-order chi connectivity index (χ1) is 11.7. The minimum atomic E-state index is 0.500. The van der Waals surface area contributed by atoms with Gasteiger partial charge in [0.15, 0.2) is 0 Å². The van der Waals surface area contributed by atoms with Gasteiger partial charge < -0.3 is 4.74 Å². The number of benzene rings is 1. The van der Waals surface area contributed by atoms with E-state index in [0.717, 1.165) is 24.4 Å². The van der Waals surface area contributed by atoms with E-state index in [2.05, 4.69) is 38.1 Å². The summed E-state index contributed by atoms with van der Waals surface area (Å²) >= 11 is 0. The Morgan fingerprint density at radius 1 is 0.792 bits per heavy atom. The van der Waals surface area contributed by atoms with Gasteiger partial charge in [-0.3, -0.25) is 0 Å². The lowest BCUT2D eigenvalue weighted by Gasteiger charge is -2.37. The van der Waals surface area contributed by atoms with Gasteiger partial charge in [0, 0.05) is 0 Å². The van der Waals surface area contributed by atoms with Gasteiger partial charge in [-0.1, -0.05) is 63.4 Å². The number of aryl methyl sites for hydroxylation is 1. The van der Waals surface area contributed by atoms with Crippen LogP contribution in [0.5, 0.6) is 0 Å². The van der Waals surface area contributed by atoms with Crippen LogP contribution in [0, 0.1) is 24.7 Å². The highest BCUT2D eigenvalue weighted by Gasteiger charge is 2.30. The van der Waals surface area contributed by atoms with Gasteiger partial charge in [0.1, 0.15) is 0 Å². The molecule has 0 saturated heterocycles. The summed E-state index contributed by atoms with van der Waals surface area (Å²) in [5.74, 6) is 2.99. The lowest BCUT2D eigenvalue weighted by Crippen LogP contribution is -2.28. The minimum Gasteiger partial charge on any atom is -0.374 e. The van der Waals surface area contributed by atoms with Gasteiger partial charge in [-0.05, 0) is 68.8 Å². The van der Waals surface area contributed by atoms with Crippen molar-refractivity contribution in [2.45, 2.75) is 91.8 Å². The second kappa shape index (κ2) is 10.2. The molecule has 0 amide bonds. The Hall–Kier alpha value is -0.820. The Morgan fingerprint density at radius 3 is 1.83 bits per heavy atom. The lowest BCUT2D eigenvalue weighted by molar-refractivity contribution is -0.00254. The molecular weight excluding hydrogens is 292 g/mol. The van der Waals surface area contributed by atoms with Crippen LogP contribution in [-0.4, -0.2) is 6.10 Å². The Kier molecular flexibility index (Phi) is 8.32. The summed E-state index contributed by atoms with van der Waals surface area (Å²) in [5, 5.41) is 0. The Balaban J connectivity index is 0.00000100. The van der Waals surface area contributed by atoms with Crippen molar-refractivity contribution in [3.8, 4) is 0 Å². The first-order valence-electron chi connectivity index (χ1n) is 10.4. The molecule has 0 heterocycles. The normalized spacial score (nSPS) is 30.3. The Bertz CT molecular complexity index is 434. The molecule has 136 valence electrons. The third kappa shape index (κ3) is 5.92. The molecular formula is C23H38O. The van der Waals surface area contributed by atoms with Crippen LogP contribution >= 0.6 is 0 Å². The zero-order chi connectivity index (χ0) is 17.4. The average Bonchev–Trinajstić information content (AvgIpc) is 2.64. The van der Waals surface area contributed by atoms with Gasteiger partial charge >= 0.3 is 0 Å². The second-order valence-corrected chi connectivity index (χ2v) is 7.85. The van der Waals surface area contributed by atoms with Crippen LogP contribution in [0.1, 0.15) is 83.3 Å². The third-order valence-corrected chi connectivity index (χ3v) is 6.05. The van der Waals surface area contributed by atoms with Crippen molar-refractivity contribution in [3.63, 3.8) is 0 Å². The standard InChI is InChI=1S/C21H32O.C2H6/c1-16-3-7-18(8-4-16)15-22-21-13-11-20(12-14-21)19-9-5-17(2)6-10-19;1-2/h3-4,7-8,17,19-21H,5-6,9-15H2,1-2H3;1-2H3. The summed E-state index contributed by atoms with van der Waals surface area (Å²) in [7, 11) is 0. The van der Waals surface area contributed by atoms with Gasteiger partial charge in [0.05, 0.1) is 12.7 Å². The van der Waals surface area contributed by atoms with Crippen molar-refractivity contribution in [1.82, 2.24) is 0 Å². The maximum atomic E-state index is 6.16. The molecule has 24 heavy (non-hydrogen) atoms. The highest BCUT2D eigenvalue weighted by Crippen LogP contribution is 2.40. The van der Waals surface area contributed by atoms with Crippen LogP contribution in [0.25, 0.3) is 0 Å². The first-order valence-corrected chi connectivity index (χ1v) is 10.4. The van der Waals surface area contributed by atoms with Crippen molar-refractivity contribution in [1.29, 1.82) is 0 Å². The van der Waals surface area contributed by atoms with Crippen LogP contribution in [-0.2, 0) is 11.3 Å². The van der Waals surface area contributed by atoms with Crippen LogP contribution in [0.3, 0.4) is 0 Å². The van der Waals surface area contributed by atoms with E-state index in [4.69, 9.17) is 4.74 Å². The fourth-order valence-electron chi connectivity index (χ4n) is 4.38. The van der Waals surface area contributed by atoms with Crippen molar-refractivity contribution >= 4 is 0 Å². The fourth-order valence-corrected chi connectivity index (χ4v) is 4.38. The topological polar surface area (TPSA) is 9.23 Å². The van der Waals surface area contributed by atoms with Crippen LogP contribution < -0.4 is 0 Å². The average molecular weight is 331 g/mol. The van der Waals surface area contributed by atoms with Gasteiger partial charge in [-0.25, -0.2) is 0 Å². The van der Waals surface area contributed by atoms with Gasteiger partial charge in [-0.15, -0.1) is 0 Å². The maximum absolute atomic E-state index is 6.16. The summed E-state index contributed by atoms with van der Waals surface area (Å²) in [4.78, 5) is 0. The first kappa shape index (κ1) is 19.5. The van der Waals surface area contributed by atoms with E-state index in [9.17, 15) is 0 Å². The van der Waals surface area contributed by atoms with Gasteiger partial charge in [0.2, 0.25) is 0 Å². The minimum absolute atomic E-state index is 0.500. The summed E-state index contributed by atoms with van der Waals surface area (Å²) in [6.45, 7) is 9.35. The monoisotopic (exact) mass is 330 g/mol. The molecule has 0 radical (unpaired) electrons. The van der Waals surface area contributed by atoms with Crippen LogP contribution in [0.2, 0.25) is 0 Å². The lowest BCUT2D eigenvalue weighted by atomic mass is 9.71. The Morgan fingerprint density at radius 2 is 1.29 bits per heavy atom.